The van der Waals surface area contributed by atoms with Crippen LogP contribution in [0.1, 0.15) is 5.56 Å². The Morgan fingerprint density at radius 1 is 1.08 bits per heavy atom. The maximum Gasteiger partial charge on any atom is 0.416 e. The van der Waals surface area contributed by atoms with Crippen molar-refractivity contribution in [3.8, 4) is 11.5 Å². The number of carbonyl (C=O) groups excluding carboxylic acids is 1. The molecule has 0 aliphatic carbocycles. The number of nitro groups is 1. The molecule has 3 rings (SSSR count). The molecule has 0 radical (unpaired) electrons. The normalized spacial score (nSPS) is 11.5. The highest BCUT2D eigenvalue weighted by Gasteiger charge is 2.35. The van der Waals surface area contributed by atoms with Crippen molar-refractivity contribution in [3.63, 3.8) is 0 Å². The molecule has 0 aliphatic heterocycles. The molecule has 10 nitrogen and oxygen atoms in total. The van der Waals surface area contributed by atoms with Crippen LogP contribution in [0.3, 0.4) is 0 Å². The second-order valence-corrected chi connectivity index (χ2v) is 9.75. The van der Waals surface area contributed by atoms with Crippen LogP contribution >= 0.6 is 11.6 Å². The van der Waals surface area contributed by atoms with Crippen LogP contribution in [-0.2, 0) is 21.0 Å². The predicted molar refractivity (Wildman–Crippen MR) is 132 cm³/mol. The van der Waals surface area contributed by atoms with E-state index in [9.17, 15) is 36.5 Å². The number of rotatable bonds is 9. The summed E-state index contributed by atoms with van der Waals surface area (Å²) in [6.07, 6.45) is -4.73. The van der Waals surface area contributed by atoms with Gasteiger partial charge >= 0.3 is 6.18 Å². The minimum Gasteiger partial charge on any atom is -0.497 e. The highest BCUT2D eigenvalue weighted by Crippen LogP contribution is 2.38. The predicted octanol–water partition coefficient (Wildman–Crippen LogP) is 5.12. The van der Waals surface area contributed by atoms with Crippen LogP contribution in [0.5, 0.6) is 11.5 Å². The van der Waals surface area contributed by atoms with Gasteiger partial charge in [-0.2, -0.15) is 13.2 Å². The van der Waals surface area contributed by atoms with Gasteiger partial charge in [0, 0.05) is 12.1 Å². The van der Waals surface area contributed by atoms with Gasteiger partial charge in [-0.1, -0.05) is 23.7 Å². The lowest BCUT2D eigenvalue weighted by Crippen LogP contribution is -2.38. The number of carbonyl (C=O) groups is 1. The molecule has 1 amide bonds. The summed E-state index contributed by atoms with van der Waals surface area (Å²) in [5.41, 5.74) is -2.47. The van der Waals surface area contributed by atoms with Crippen molar-refractivity contribution in [2.75, 3.05) is 30.4 Å². The van der Waals surface area contributed by atoms with Gasteiger partial charge in [-0.3, -0.25) is 19.2 Å². The molecule has 0 bridgehead atoms. The topological polar surface area (TPSA) is 128 Å². The third kappa shape index (κ3) is 6.08. The van der Waals surface area contributed by atoms with Gasteiger partial charge in [0.05, 0.1) is 41.1 Å². The van der Waals surface area contributed by atoms with E-state index >= 15 is 0 Å². The molecule has 0 aliphatic rings. The first-order chi connectivity index (χ1) is 17.8. The number of nitrogens with zero attached hydrogens (tertiary/aromatic N) is 2. The summed E-state index contributed by atoms with van der Waals surface area (Å²) in [4.78, 5) is 22.9. The molecule has 0 heterocycles. The summed E-state index contributed by atoms with van der Waals surface area (Å²) in [6, 6.07) is 10.6. The van der Waals surface area contributed by atoms with Crippen LogP contribution in [0.2, 0.25) is 5.02 Å². The Labute approximate surface area is 219 Å². The number of benzene rings is 3. The van der Waals surface area contributed by atoms with E-state index in [2.05, 4.69) is 5.32 Å². The summed E-state index contributed by atoms with van der Waals surface area (Å²) in [7, 11) is -2.25. The highest BCUT2D eigenvalue weighted by atomic mass is 35.5. The summed E-state index contributed by atoms with van der Waals surface area (Å²) in [5, 5.41) is 13.5. The molecule has 3 aromatic carbocycles. The molecule has 0 spiro atoms. The Hall–Kier alpha value is -4.04. The van der Waals surface area contributed by atoms with E-state index in [4.69, 9.17) is 21.1 Å². The number of halogens is 4. The highest BCUT2D eigenvalue weighted by molar-refractivity contribution is 7.93. The van der Waals surface area contributed by atoms with Crippen molar-refractivity contribution in [1.82, 2.24) is 0 Å². The first-order valence-corrected chi connectivity index (χ1v) is 12.3. The zero-order valence-corrected chi connectivity index (χ0v) is 21.2. The monoisotopic (exact) mass is 573 g/mol. The minimum absolute atomic E-state index is 0.0728. The van der Waals surface area contributed by atoms with Crippen LogP contribution in [-0.4, -0.2) is 40.0 Å². The standard InChI is InChI=1S/C23H19ClF3N3O7S/c1-36-15-8-10-18(20(12-15)37-2)29(38(34,35)21-6-4-3-5-19(21)30(32)33)13-22(31)28-17-11-14(23(25,26)27)7-9-16(17)24/h3-12H,13H2,1-2H3,(H,28,31). The van der Waals surface area contributed by atoms with E-state index in [1.54, 1.807) is 0 Å². The van der Waals surface area contributed by atoms with Crippen molar-refractivity contribution in [3.05, 3.63) is 81.4 Å². The first kappa shape index (κ1) is 28.5. The Bertz CT molecular complexity index is 1480. The first-order valence-electron chi connectivity index (χ1n) is 10.4. The molecule has 0 saturated heterocycles. The second-order valence-electron chi connectivity index (χ2n) is 7.51. The molecule has 0 fully saturated rings. The van der Waals surface area contributed by atoms with Crippen molar-refractivity contribution in [2.24, 2.45) is 0 Å². The molecule has 0 atom stereocenters. The van der Waals surface area contributed by atoms with Crippen LogP contribution in [0.4, 0.5) is 30.2 Å². The quantitative estimate of drug-likeness (QED) is 0.278. The zero-order valence-electron chi connectivity index (χ0n) is 19.7. The lowest BCUT2D eigenvalue weighted by Gasteiger charge is -2.26. The number of anilines is 2. The lowest BCUT2D eigenvalue weighted by molar-refractivity contribution is -0.387. The van der Waals surface area contributed by atoms with Crippen molar-refractivity contribution < 1.29 is 40.8 Å². The molecular weight excluding hydrogens is 555 g/mol. The van der Waals surface area contributed by atoms with Crippen molar-refractivity contribution in [1.29, 1.82) is 0 Å². The number of hydrogen-bond donors (Lipinski definition) is 1. The molecule has 3 aromatic rings. The van der Waals surface area contributed by atoms with Gasteiger partial charge in [0.1, 0.15) is 18.0 Å². The molecule has 1 N–H and O–H groups in total. The van der Waals surface area contributed by atoms with Crippen LogP contribution in [0, 0.1) is 10.1 Å². The number of hydrogen-bond acceptors (Lipinski definition) is 7. The fourth-order valence-electron chi connectivity index (χ4n) is 3.35. The van der Waals surface area contributed by atoms with Gasteiger partial charge in [-0.25, -0.2) is 8.42 Å². The molecular formula is C23H19ClF3N3O7S. The maximum absolute atomic E-state index is 13.7. The van der Waals surface area contributed by atoms with Crippen LogP contribution in [0.15, 0.2) is 65.6 Å². The number of nitro benzene ring substituents is 1. The van der Waals surface area contributed by atoms with Crippen LogP contribution < -0.4 is 19.1 Å². The van der Waals surface area contributed by atoms with E-state index in [0.29, 0.717) is 16.4 Å². The molecule has 38 heavy (non-hydrogen) atoms. The molecule has 0 aromatic heterocycles. The third-order valence-electron chi connectivity index (χ3n) is 5.14. The second kappa shape index (κ2) is 11.1. The summed E-state index contributed by atoms with van der Waals surface area (Å²) >= 11 is 5.94. The van der Waals surface area contributed by atoms with E-state index < -0.39 is 55.4 Å². The lowest BCUT2D eigenvalue weighted by atomic mass is 10.2. The average molecular weight is 574 g/mol. The van der Waals surface area contributed by atoms with Gasteiger partial charge in [0.2, 0.25) is 5.91 Å². The number of amides is 1. The summed E-state index contributed by atoms with van der Waals surface area (Å²) in [5.74, 6) is -0.892. The Morgan fingerprint density at radius 2 is 1.76 bits per heavy atom. The molecule has 0 saturated carbocycles. The Morgan fingerprint density at radius 3 is 2.37 bits per heavy atom. The van der Waals surface area contributed by atoms with E-state index in [1.165, 1.54) is 44.6 Å². The number of ether oxygens (including phenoxy) is 2. The van der Waals surface area contributed by atoms with Gasteiger partial charge in [-0.15, -0.1) is 0 Å². The average Bonchev–Trinajstić information content (AvgIpc) is 2.87. The SMILES string of the molecule is COc1ccc(N(CC(=O)Nc2cc(C(F)(F)F)ccc2Cl)S(=O)(=O)c2ccccc2[N+](=O)[O-])c(OC)c1. The Kier molecular flexibility index (Phi) is 8.37. The third-order valence-corrected chi connectivity index (χ3v) is 7.28. The molecule has 15 heteroatoms. The van der Waals surface area contributed by atoms with Crippen LogP contribution in [0.25, 0.3) is 0 Å². The minimum atomic E-state index is -4.81. The fourth-order valence-corrected chi connectivity index (χ4v) is 5.11. The van der Waals surface area contributed by atoms with Gasteiger partial charge in [0.25, 0.3) is 15.7 Å². The van der Waals surface area contributed by atoms with Gasteiger partial charge < -0.3 is 14.8 Å². The summed E-state index contributed by atoms with van der Waals surface area (Å²) in [6.45, 7) is -1.01. The summed E-state index contributed by atoms with van der Waals surface area (Å²) < 4.78 is 77.7. The molecule has 202 valence electrons. The van der Waals surface area contributed by atoms with E-state index in [0.717, 1.165) is 18.2 Å². The van der Waals surface area contributed by atoms with Gasteiger partial charge in [0.15, 0.2) is 4.90 Å². The molecule has 0 unspecified atom stereocenters. The zero-order chi connectivity index (χ0) is 28.3. The van der Waals surface area contributed by atoms with E-state index in [1.807, 2.05) is 0 Å². The fraction of sp³-hybridized carbons (Fsp3) is 0.174. The number of alkyl halides is 3. The number of para-hydroxylation sites is 1. The van der Waals surface area contributed by atoms with Crippen molar-refractivity contribution >= 4 is 44.6 Å². The van der Waals surface area contributed by atoms with Crippen molar-refractivity contribution in [2.45, 2.75) is 11.1 Å². The van der Waals surface area contributed by atoms with E-state index in [-0.39, 0.29) is 22.2 Å². The largest absolute Gasteiger partial charge is 0.497 e. The number of methoxy groups -OCH3 is 2. The maximum atomic E-state index is 13.7. The number of nitrogens with one attached hydrogen (secondary N) is 1. The smallest absolute Gasteiger partial charge is 0.416 e. The number of sulfonamides is 1. The van der Waals surface area contributed by atoms with Gasteiger partial charge in [-0.05, 0) is 36.4 Å². The Balaban J connectivity index is 2.11.